The van der Waals surface area contributed by atoms with Crippen LogP contribution in [0.5, 0.6) is 0 Å². The van der Waals surface area contributed by atoms with Crippen LogP contribution in [0.4, 0.5) is 5.69 Å². The fraction of sp³-hybridized carbons (Fsp3) is 0.481. The van der Waals surface area contributed by atoms with Gasteiger partial charge in [0, 0.05) is 12.6 Å². The molecule has 0 unspecified atom stereocenters. The summed E-state index contributed by atoms with van der Waals surface area (Å²) in [5.74, 6) is -0.640. The second-order valence-electron chi connectivity index (χ2n) is 9.71. The fourth-order valence-corrected chi connectivity index (χ4v) is 5.32. The number of aryl methyl sites for hydroxylation is 3. The highest BCUT2D eigenvalue weighted by Crippen LogP contribution is 2.23. The topological polar surface area (TPSA) is 86.8 Å². The molecule has 1 aliphatic rings. The van der Waals surface area contributed by atoms with Crippen molar-refractivity contribution in [1.82, 2.24) is 10.2 Å². The van der Waals surface area contributed by atoms with Gasteiger partial charge in [-0.25, -0.2) is 8.42 Å². The number of hydrogen-bond acceptors (Lipinski definition) is 4. The number of anilines is 1. The monoisotopic (exact) mass is 499 g/mol. The number of sulfonamides is 1. The normalized spacial score (nSPS) is 15.0. The van der Waals surface area contributed by atoms with Gasteiger partial charge in [0.05, 0.1) is 11.9 Å². The molecule has 1 atom stereocenters. The molecule has 0 radical (unpaired) electrons. The van der Waals surface area contributed by atoms with E-state index in [1.807, 2.05) is 51.1 Å². The molecule has 190 valence electrons. The quantitative estimate of drug-likeness (QED) is 0.568. The van der Waals surface area contributed by atoms with Gasteiger partial charge >= 0.3 is 0 Å². The van der Waals surface area contributed by atoms with E-state index in [1.165, 1.54) is 4.90 Å². The Morgan fingerprint density at radius 1 is 1.03 bits per heavy atom. The van der Waals surface area contributed by atoms with Crippen molar-refractivity contribution in [3.8, 4) is 0 Å². The number of amides is 2. The predicted octanol–water partition coefficient (Wildman–Crippen LogP) is 3.85. The Morgan fingerprint density at radius 3 is 2.31 bits per heavy atom. The highest BCUT2D eigenvalue weighted by molar-refractivity contribution is 7.92. The Labute approximate surface area is 209 Å². The molecule has 0 heterocycles. The van der Waals surface area contributed by atoms with E-state index in [9.17, 15) is 18.0 Å². The summed E-state index contributed by atoms with van der Waals surface area (Å²) < 4.78 is 26.5. The Morgan fingerprint density at radius 2 is 1.71 bits per heavy atom. The zero-order valence-electron chi connectivity index (χ0n) is 21.4. The molecule has 3 rings (SSSR count). The average Bonchev–Trinajstić information content (AvgIpc) is 3.29. The SMILES string of the molecule is Cc1cccc(CN(C(=O)CN(c2ccc(C)c(C)c2)S(C)(=O)=O)[C@H](C)C(=O)NC2CCCC2)c1. The van der Waals surface area contributed by atoms with Crippen LogP contribution in [0.2, 0.25) is 0 Å². The van der Waals surface area contributed by atoms with Crippen molar-refractivity contribution in [1.29, 1.82) is 0 Å². The van der Waals surface area contributed by atoms with Crippen molar-refractivity contribution in [2.45, 2.75) is 72.0 Å². The lowest BCUT2D eigenvalue weighted by Crippen LogP contribution is -2.52. The molecule has 7 nitrogen and oxygen atoms in total. The molecule has 0 aromatic heterocycles. The van der Waals surface area contributed by atoms with Gasteiger partial charge in [-0.05, 0) is 69.4 Å². The molecule has 1 fully saturated rings. The van der Waals surface area contributed by atoms with Gasteiger partial charge in [0.2, 0.25) is 21.8 Å². The van der Waals surface area contributed by atoms with Crippen LogP contribution in [0.3, 0.4) is 0 Å². The maximum atomic E-state index is 13.6. The van der Waals surface area contributed by atoms with Crippen LogP contribution < -0.4 is 9.62 Å². The van der Waals surface area contributed by atoms with Crippen molar-refractivity contribution in [3.63, 3.8) is 0 Å². The third-order valence-electron chi connectivity index (χ3n) is 6.76. The molecule has 2 amide bonds. The summed E-state index contributed by atoms with van der Waals surface area (Å²) in [6, 6.07) is 12.5. The van der Waals surface area contributed by atoms with Gasteiger partial charge in [-0.15, -0.1) is 0 Å². The van der Waals surface area contributed by atoms with Crippen molar-refractivity contribution >= 4 is 27.5 Å². The maximum Gasteiger partial charge on any atom is 0.244 e. The molecule has 0 spiro atoms. The molecule has 8 heteroatoms. The Kier molecular flexibility index (Phi) is 8.59. The Balaban J connectivity index is 1.89. The van der Waals surface area contributed by atoms with Gasteiger partial charge in [0.25, 0.3) is 0 Å². The summed E-state index contributed by atoms with van der Waals surface area (Å²) in [5, 5.41) is 3.08. The van der Waals surface area contributed by atoms with E-state index in [1.54, 1.807) is 19.1 Å². The molecule has 1 saturated carbocycles. The highest BCUT2D eigenvalue weighted by Gasteiger charge is 2.31. The van der Waals surface area contributed by atoms with Crippen LogP contribution in [0, 0.1) is 20.8 Å². The summed E-state index contributed by atoms with van der Waals surface area (Å²) in [6.45, 7) is 7.36. The van der Waals surface area contributed by atoms with Gasteiger partial charge in [-0.3, -0.25) is 13.9 Å². The molecule has 1 N–H and O–H groups in total. The standard InChI is InChI=1S/C27H37N3O4S/c1-19-9-8-10-23(15-19)17-29(22(4)27(32)28-24-11-6-7-12-24)26(31)18-30(35(5,33)34)25-14-13-20(2)21(3)16-25/h8-10,13-16,22,24H,6-7,11-12,17-18H2,1-5H3,(H,28,32)/t22-/m1/s1. The second-order valence-corrected chi connectivity index (χ2v) is 11.6. The first kappa shape index (κ1) is 26.7. The predicted molar refractivity (Wildman–Crippen MR) is 140 cm³/mol. The lowest BCUT2D eigenvalue weighted by molar-refractivity contribution is -0.139. The van der Waals surface area contributed by atoms with Crippen molar-refractivity contribution < 1.29 is 18.0 Å². The minimum absolute atomic E-state index is 0.129. The number of benzene rings is 2. The average molecular weight is 500 g/mol. The van der Waals surface area contributed by atoms with Crippen LogP contribution in [0.1, 0.15) is 54.9 Å². The Bertz CT molecular complexity index is 1170. The third-order valence-corrected chi connectivity index (χ3v) is 7.90. The van der Waals surface area contributed by atoms with E-state index in [2.05, 4.69) is 5.32 Å². The van der Waals surface area contributed by atoms with Gasteiger partial charge < -0.3 is 10.2 Å². The molecular weight excluding hydrogens is 462 g/mol. The second kappa shape index (κ2) is 11.2. The largest absolute Gasteiger partial charge is 0.352 e. The number of carbonyl (C=O) groups is 2. The van der Waals surface area contributed by atoms with E-state index in [-0.39, 0.29) is 25.0 Å². The first-order chi connectivity index (χ1) is 16.5. The summed E-state index contributed by atoms with van der Waals surface area (Å²) in [4.78, 5) is 28.2. The molecule has 2 aromatic carbocycles. The molecule has 1 aliphatic carbocycles. The van der Waals surface area contributed by atoms with Gasteiger partial charge in [-0.1, -0.05) is 48.7 Å². The van der Waals surface area contributed by atoms with Crippen molar-refractivity contribution in [2.75, 3.05) is 17.1 Å². The maximum absolute atomic E-state index is 13.6. The minimum Gasteiger partial charge on any atom is -0.352 e. The molecule has 0 saturated heterocycles. The van der Waals surface area contributed by atoms with Crippen molar-refractivity contribution in [2.24, 2.45) is 0 Å². The van der Waals surface area contributed by atoms with Crippen LogP contribution in [0.25, 0.3) is 0 Å². The van der Waals surface area contributed by atoms with Gasteiger partial charge in [0.15, 0.2) is 0 Å². The summed E-state index contributed by atoms with van der Waals surface area (Å²) in [7, 11) is -3.74. The smallest absolute Gasteiger partial charge is 0.244 e. The van der Waals surface area contributed by atoms with E-state index >= 15 is 0 Å². The zero-order valence-corrected chi connectivity index (χ0v) is 22.2. The van der Waals surface area contributed by atoms with Crippen LogP contribution in [-0.2, 0) is 26.2 Å². The molecule has 2 aromatic rings. The lowest BCUT2D eigenvalue weighted by Gasteiger charge is -2.32. The minimum atomic E-state index is -3.74. The number of rotatable bonds is 9. The molecular formula is C27H37N3O4S. The first-order valence-electron chi connectivity index (χ1n) is 12.2. The lowest BCUT2D eigenvalue weighted by atomic mass is 10.1. The highest BCUT2D eigenvalue weighted by atomic mass is 32.2. The van der Waals surface area contributed by atoms with Crippen LogP contribution in [0.15, 0.2) is 42.5 Å². The van der Waals surface area contributed by atoms with E-state index < -0.39 is 22.0 Å². The summed E-state index contributed by atoms with van der Waals surface area (Å²) >= 11 is 0. The van der Waals surface area contributed by atoms with Crippen LogP contribution in [-0.4, -0.2) is 50.0 Å². The van der Waals surface area contributed by atoms with E-state index in [4.69, 9.17) is 0 Å². The van der Waals surface area contributed by atoms with Gasteiger partial charge in [0.1, 0.15) is 12.6 Å². The van der Waals surface area contributed by atoms with Crippen LogP contribution >= 0.6 is 0 Å². The number of hydrogen-bond donors (Lipinski definition) is 1. The van der Waals surface area contributed by atoms with Gasteiger partial charge in [-0.2, -0.15) is 0 Å². The number of nitrogens with zero attached hydrogens (tertiary/aromatic N) is 2. The van der Waals surface area contributed by atoms with E-state index in [0.717, 1.165) is 58.5 Å². The first-order valence-corrected chi connectivity index (χ1v) is 14.0. The zero-order chi connectivity index (χ0) is 25.8. The summed E-state index contributed by atoms with van der Waals surface area (Å²) in [6.07, 6.45) is 5.16. The molecule has 0 aliphatic heterocycles. The molecule has 35 heavy (non-hydrogen) atoms. The third kappa shape index (κ3) is 7.07. The Hall–Kier alpha value is -2.87. The fourth-order valence-electron chi connectivity index (χ4n) is 4.48. The number of nitrogens with one attached hydrogen (secondary N) is 1. The molecule has 0 bridgehead atoms. The van der Waals surface area contributed by atoms with Crippen molar-refractivity contribution in [3.05, 3.63) is 64.7 Å². The summed E-state index contributed by atoms with van der Waals surface area (Å²) in [5.41, 5.74) is 4.33. The number of carbonyl (C=O) groups excluding carboxylic acids is 2. The van der Waals surface area contributed by atoms with E-state index in [0.29, 0.717) is 5.69 Å².